The fourth-order valence-corrected chi connectivity index (χ4v) is 1.69. The van der Waals surface area contributed by atoms with Crippen LogP contribution in [0.25, 0.3) is 0 Å². The molecule has 0 aliphatic carbocycles. The van der Waals surface area contributed by atoms with Crippen LogP contribution in [0.1, 0.15) is 18.9 Å². The Morgan fingerprint density at radius 1 is 1.26 bits per heavy atom. The summed E-state index contributed by atoms with van der Waals surface area (Å²) in [4.78, 5) is 23.6. The van der Waals surface area contributed by atoms with Crippen LogP contribution in [-0.2, 0) is 16.0 Å². The molecule has 0 unspecified atom stereocenters. The van der Waals surface area contributed by atoms with Crippen LogP contribution in [0.3, 0.4) is 0 Å². The van der Waals surface area contributed by atoms with Gasteiger partial charge in [-0.3, -0.25) is 9.59 Å². The molecule has 0 radical (unpaired) electrons. The molecule has 1 aromatic rings. The number of benzene rings is 1. The van der Waals surface area contributed by atoms with Crippen molar-refractivity contribution in [3.63, 3.8) is 0 Å². The summed E-state index contributed by atoms with van der Waals surface area (Å²) < 4.78 is 26.8. The molecule has 6 heteroatoms. The number of carboxylic acids is 1. The molecule has 0 saturated carbocycles. The SMILES string of the molecule is CCCN(CC(=O)O)C(=O)Cc1c(F)cccc1F. The van der Waals surface area contributed by atoms with Gasteiger partial charge in [-0.1, -0.05) is 13.0 Å². The predicted molar refractivity (Wildman–Crippen MR) is 64.6 cm³/mol. The average molecular weight is 271 g/mol. The molecule has 0 atom stereocenters. The number of nitrogens with zero attached hydrogens (tertiary/aromatic N) is 1. The van der Waals surface area contributed by atoms with Crippen molar-refractivity contribution in [2.75, 3.05) is 13.1 Å². The minimum absolute atomic E-state index is 0.237. The lowest BCUT2D eigenvalue weighted by molar-refractivity contribution is -0.144. The fraction of sp³-hybridized carbons (Fsp3) is 0.385. The van der Waals surface area contributed by atoms with E-state index < -0.39 is 36.5 Å². The van der Waals surface area contributed by atoms with Crippen LogP contribution in [-0.4, -0.2) is 35.0 Å². The number of aliphatic carboxylic acids is 1. The van der Waals surface area contributed by atoms with E-state index in [0.717, 1.165) is 17.0 Å². The maximum absolute atomic E-state index is 13.4. The Labute approximate surface area is 109 Å². The monoisotopic (exact) mass is 271 g/mol. The van der Waals surface area contributed by atoms with E-state index in [1.165, 1.54) is 6.07 Å². The Kier molecular flexibility index (Phi) is 5.41. The predicted octanol–water partition coefficient (Wildman–Crippen LogP) is 1.83. The lowest BCUT2D eigenvalue weighted by Gasteiger charge is -2.20. The number of carboxylic acid groups (broad SMARTS) is 1. The van der Waals surface area contributed by atoms with Crippen molar-refractivity contribution in [3.05, 3.63) is 35.4 Å². The second kappa shape index (κ2) is 6.82. The Hall–Kier alpha value is -1.98. The fourth-order valence-electron chi connectivity index (χ4n) is 1.69. The lowest BCUT2D eigenvalue weighted by Crippen LogP contribution is -2.37. The van der Waals surface area contributed by atoms with Crippen molar-refractivity contribution in [1.29, 1.82) is 0 Å². The van der Waals surface area contributed by atoms with Crippen LogP contribution < -0.4 is 0 Å². The molecular formula is C13H15F2NO3. The molecule has 0 bridgehead atoms. The van der Waals surface area contributed by atoms with Gasteiger partial charge < -0.3 is 10.0 Å². The first-order valence-electron chi connectivity index (χ1n) is 5.88. The van der Waals surface area contributed by atoms with Gasteiger partial charge in [0.1, 0.15) is 18.2 Å². The van der Waals surface area contributed by atoms with Crippen LogP contribution in [0, 0.1) is 11.6 Å². The second-order valence-electron chi connectivity index (χ2n) is 4.09. The summed E-state index contributed by atoms with van der Waals surface area (Å²) >= 11 is 0. The van der Waals surface area contributed by atoms with Gasteiger partial charge >= 0.3 is 5.97 Å². The number of hydrogen-bond acceptors (Lipinski definition) is 2. The van der Waals surface area contributed by atoms with Crippen LogP contribution in [0.4, 0.5) is 8.78 Å². The molecule has 0 aliphatic heterocycles. The first-order chi connectivity index (χ1) is 8.95. The summed E-state index contributed by atoms with van der Waals surface area (Å²) in [6.45, 7) is 1.55. The molecule has 1 amide bonds. The summed E-state index contributed by atoms with van der Waals surface area (Å²) in [6.07, 6.45) is 0.0879. The van der Waals surface area contributed by atoms with Gasteiger partial charge in [0.05, 0.1) is 6.42 Å². The summed E-state index contributed by atoms with van der Waals surface area (Å²) in [6, 6.07) is 3.33. The van der Waals surface area contributed by atoms with E-state index in [1.807, 2.05) is 0 Å². The normalized spacial score (nSPS) is 10.3. The standard InChI is InChI=1S/C13H15F2NO3/c1-2-6-16(8-13(18)19)12(17)7-9-10(14)4-3-5-11(9)15/h3-5H,2,6-8H2,1H3,(H,18,19). The van der Waals surface area contributed by atoms with Crippen molar-refractivity contribution < 1.29 is 23.5 Å². The van der Waals surface area contributed by atoms with Gasteiger partial charge in [0.25, 0.3) is 0 Å². The van der Waals surface area contributed by atoms with Crippen molar-refractivity contribution in [2.45, 2.75) is 19.8 Å². The summed E-state index contributed by atoms with van der Waals surface area (Å²) in [5, 5.41) is 8.69. The van der Waals surface area contributed by atoms with E-state index in [9.17, 15) is 18.4 Å². The topological polar surface area (TPSA) is 57.6 Å². The molecule has 0 heterocycles. The molecule has 4 nitrogen and oxygen atoms in total. The Morgan fingerprint density at radius 3 is 2.32 bits per heavy atom. The molecular weight excluding hydrogens is 256 g/mol. The molecule has 1 N–H and O–H groups in total. The average Bonchev–Trinajstić information content (AvgIpc) is 2.32. The van der Waals surface area contributed by atoms with Crippen LogP contribution >= 0.6 is 0 Å². The van der Waals surface area contributed by atoms with Gasteiger partial charge in [-0.2, -0.15) is 0 Å². The van der Waals surface area contributed by atoms with Crippen molar-refractivity contribution >= 4 is 11.9 Å². The Balaban J connectivity index is 2.84. The highest BCUT2D eigenvalue weighted by molar-refractivity contribution is 5.83. The van der Waals surface area contributed by atoms with E-state index in [1.54, 1.807) is 6.92 Å². The molecule has 0 spiro atoms. The highest BCUT2D eigenvalue weighted by atomic mass is 19.1. The number of carbonyl (C=O) groups excluding carboxylic acids is 1. The highest BCUT2D eigenvalue weighted by Gasteiger charge is 2.19. The Morgan fingerprint density at radius 2 is 1.84 bits per heavy atom. The smallest absolute Gasteiger partial charge is 0.323 e. The number of amides is 1. The highest BCUT2D eigenvalue weighted by Crippen LogP contribution is 2.14. The number of hydrogen-bond donors (Lipinski definition) is 1. The largest absolute Gasteiger partial charge is 0.480 e. The second-order valence-corrected chi connectivity index (χ2v) is 4.09. The van der Waals surface area contributed by atoms with Crippen molar-refractivity contribution in [1.82, 2.24) is 4.90 Å². The first kappa shape index (κ1) is 15.1. The van der Waals surface area contributed by atoms with Crippen LogP contribution in [0.2, 0.25) is 0 Å². The van der Waals surface area contributed by atoms with E-state index in [0.29, 0.717) is 6.42 Å². The molecule has 0 fully saturated rings. The van der Waals surface area contributed by atoms with Gasteiger partial charge in [-0.25, -0.2) is 8.78 Å². The zero-order valence-electron chi connectivity index (χ0n) is 10.5. The molecule has 0 saturated heterocycles. The first-order valence-corrected chi connectivity index (χ1v) is 5.88. The summed E-state index contributed by atoms with van der Waals surface area (Å²) in [5.41, 5.74) is -0.334. The third-order valence-electron chi connectivity index (χ3n) is 2.56. The van der Waals surface area contributed by atoms with Gasteiger partial charge in [-0.05, 0) is 18.6 Å². The van der Waals surface area contributed by atoms with Gasteiger partial charge in [0.15, 0.2) is 0 Å². The minimum atomic E-state index is -1.16. The third-order valence-corrected chi connectivity index (χ3v) is 2.56. The van der Waals surface area contributed by atoms with E-state index in [2.05, 4.69) is 0 Å². The van der Waals surface area contributed by atoms with E-state index >= 15 is 0 Å². The summed E-state index contributed by atoms with van der Waals surface area (Å²) in [5.74, 6) is -3.37. The quantitative estimate of drug-likeness (QED) is 0.858. The van der Waals surface area contributed by atoms with Crippen LogP contribution in [0.5, 0.6) is 0 Å². The summed E-state index contributed by atoms with van der Waals surface area (Å²) in [7, 11) is 0. The van der Waals surface area contributed by atoms with Gasteiger partial charge in [-0.15, -0.1) is 0 Å². The molecule has 0 aliphatic rings. The zero-order valence-corrected chi connectivity index (χ0v) is 10.5. The van der Waals surface area contributed by atoms with Gasteiger partial charge in [0.2, 0.25) is 5.91 Å². The Bertz CT molecular complexity index is 457. The maximum Gasteiger partial charge on any atom is 0.323 e. The molecule has 1 rings (SSSR count). The lowest BCUT2D eigenvalue weighted by atomic mass is 10.1. The van der Waals surface area contributed by atoms with Crippen molar-refractivity contribution in [3.8, 4) is 0 Å². The number of carbonyl (C=O) groups is 2. The zero-order chi connectivity index (χ0) is 14.4. The van der Waals surface area contributed by atoms with Gasteiger partial charge in [0, 0.05) is 12.1 Å². The third kappa shape index (κ3) is 4.31. The molecule has 1 aromatic carbocycles. The van der Waals surface area contributed by atoms with Crippen LogP contribution in [0.15, 0.2) is 18.2 Å². The van der Waals surface area contributed by atoms with E-state index in [-0.39, 0.29) is 12.1 Å². The molecule has 104 valence electrons. The number of halogens is 2. The molecule has 19 heavy (non-hydrogen) atoms. The minimum Gasteiger partial charge on any atom is -0.480 e. The van der Waals surface area contributed by atoms with Crippen molar-refractivity contribution in [2.24, 2.45) is 0 Å². The maximum atomic E-state index is 13.4. The van der Waals surface area contributed by atoms with E-state index in [4.69, 9.17) is 5.11 Å². The molecule has 0 aromatic heterocycles. The number of rotatable bonds is 6.